The van der Waals surface area contributed by atoms with Crippen molar-refractivity contribution in [3.63, 3.8) is 0 Å². The molecule has 0 saturated carbocycles. The maximum Gasteiger partial charge on any atom is 0.325 e. The fourth-order valence-corrected chi connectivity index (χ4v) is 7.52. The zero-order chi connectivity index (χ0) is 40.3. The van der Waals surface area contributed by atoms with Crippen LogP contribution in [0.1, 0.15) is 48.9 Å². The quantitative estimate of drug-likeness (QED) is 0.0502. The van der Waals surface area contributed by atoms with E-state index in [9.17, 15) is 18.7 Å². The number of rotatable bonds is 18. The molecule has 4 N–H and O–H groups in total. The highest BCUT2D eigenvalue weighted by molar-refractivity contribution is 7.52. The summed E-state index contributed by atoms with van der Waals surface area (Å²) in [5, 5.41) is 1.91. The van der Waals surface area contributed by atoms with Gasteiger partial charge < -0.3 is 38.2 Å². The van der Waals surface area contributed by atoms with Crippen LogP contribution in [-0.2, 0) is 44.7 Å². The van der Waals surface area contributed by atoms with Crippen LogP contribution in [0.5, 0.6) is 11.5 Å². The van der Waals surface area contributed by atoms with E-state index in [1.807, 2.05) is 85.2 Å². The van der Waals surface area contributed by atoms with Crippen LogP contribution in [0.4, 0.5) is 0 Å². The lowest BCUT2D eigenvalue weighted by atomic mass is 10.1. The van der Waals surface area contributed by atoms with Crippen molar-refractivity contribution in [3.05, 3.63) is 132 Å². The van der Waals surface area contributed by atoms with Crippen LogP contribution in [0.3, 0.4) is 0 Å². The lowest BCUT2D eigenvalue weighted by molar-refractivity contribution is -0.117. The van der Waals surface area contributed by atoms with Crippen LogP contribution in [0.15, 0.2) is 109 Å². The highest BCUT2D eigenvalue weighted by Crippen LogP contribution is 2.36. The fraction of sp³-hybridized carbons (Fsp3) is 0.286. The van der Waals surface area contributed by atoms with Crippen LogP contribution in [0, 0.1) is 0 Å². The minimum atomic E-state index is -4.00. The first-order valence-electron chi connectivity index (χ1n) is 18.3. The molecule has 0 bridgehead atoms. The second kappa shape index (κ2) is 19.4. The number of benzene rings is 4. The van der Waals surface area contributed by atoms with Crippen LogP contribution < -0.4 is 9.47 Å². The van der Waals surface area contributed by atoms with Gasteiger partial charge in [-0.25, -0.2) is 0 Å². The standard InChI is InChI=1S/2C21H24NO5P/c2*1-16(23)12-18-15-22(14-17-6-3-2-4-7-17)21-9-8-19(13-20(18)21)27-10-5-11-28(24,25)26/h2*2-4,6-9,13,15H,5,10-12,14H2,1H3,(H2,24,25,26). The van der Waals surface area contributed by atoms with Gasteiger partial charge >= 0.3 is 15.2 Å². The van der Waals surface area contributed by atoms with Gasteiger partial charge in [-0.05, 0) is 85.3 Å². The second-order valence-electron chi connectivity index (χ2n) is 13.8. The molecule has 56 heavy (non-hydrogen) atoms. The highest BCUT2D eigenvalue weighted by atomic mass is 31.2. The van der Waals surface area contributed by atoms with Gasteiger partial charge in [-0.1, -0.05) is 60.7 Å². The summed E-state index contributed by atoms with van der Waals surface area (Å²) >= 11 is 0. The molecule has 296 valence electrons. The first kappa shape index (κ1) is 42.3. The van der Waals surface area contributed by atoms with E-state index >= 15 is 0 Å². The Labute approximate surface area is 326 Å². The largest absolute Gasteiger partial charge is 0.494 e. The van der Waals surface area contributed by atoms with Crippen LogP contribution in [0.25, 0.3) is 21.8 Å². The lowest BCUT2D eigenvalue weighted by Crippen LogP contribution is -2.01. The molecule has 2 heterocycles. The third-order valence-corrected chi connectivity index (χ3v) is 10.7. The van der Waals surface area contributed by atoms with E-state index in [0.717, 1.165) is 32.9 Å². The SMILES string of the molecule is CC(=O)Cc1cn(Cc2ccccc2)c2ccc(OCCCP(=O)(O)O)cc12.CC(=O)Cc1cn(Cc2ccccc2)c2ccc(OCCCP(=O)(O)O)cc12. The number of hydrogen-bond donors (Lipinski definition) is 4. The topological polar surface area (TPSA) is 178 Å². The number of ketones is 2. The van der Waals surface area contributed by atoms with Gasteiger partial charge in [0.25, 0.3) is 0 Å². The van der Waals surface area contributed by atoms with Gasteiger partial charge in [0.2, 0.25) is 0 Å². The normalized spacial score (nSPS) is 11.7. The van der Waals surface area contributed by atoms with E-state index in [-0.39, 0.29) is 49.9 Å². The number of fused-ring (bicyclic) bond motifs is 2. The van der Waals surface area contributed by atoms with E-state index in [2.05, 4.69) is 33.4 Å². The molecule has 6 rings (SSSR count). The molecule has 0 radical (unpaired) electrons. The first-order chi connectivity index (χ1) is 26.6. The van der Waals surface area contributed by atoms with E-state index in [1.54, 1.807) is 13.8 Å². The summed E-state index contributed by atoms with van der Waals surface area (Å²) in [6.45, 7) is 5.01. The van der Waals surface area contributed by atoms with E-state index in [4.69, 9.17) is 29.0 Å². The van der Waals surface area contributed by atoms with Gasteiger partial charge in [-0.2, -0.15) is 0 Å². The third kappa shape index (κ3) is 13.2. The summed E-state index contributed by atoms with van der Waals surface area (Å²) in [7, 11) is -8.00. The van der Waals surface area contributed by atoms with Gasteiger partial charge in [0, 0.05) is 60.1 Å². The molecule has 12 nitrogen and oxygen atoms in total. The molecular weight excluding hydrogens is 754 g/mol. The number of aromatic nitrogens is 2. The number of carbonyl (C=O) groups excluding carboxylic acids is 2. The van der Waals surface area contributed by atoms with Crippen molar-refractivity contribution in [2.24, 2.45) is 0 Å². The number of carbonyl (C=O) groups is 2. The number of Topliss-reactive ketones (excluding diaryl/α,β-unsaturated/α-hetero) is 2. The summed E-state index contributed by atoms with van der Waals surface area (Å²) in [6, 6.07) is 31.6. The second-order valence-corrected chi connectivity index (χ2v) is 17.4. The van der Waals surface area contributed by atoms with Crippen LogP contribution in [-0.4, -0.2) is 65.8 Å². The first-order valence-corrected chi connectivity index (χ1v) is 21.9. The summed E-state index contributed by atoms with van der Waals surface area (Å²) in [5.41, 5.74) is 6.27. The molecule has 2 aromatic heterocycles. The highest BCUT2D eigenvalue weighted by Gasteiger charge is 2.16. The average molecular weight is 803 g/mol. The maximum atomic E-state index is 11.7. The van der Waals surface area contributed by atoms with E-state index in [0.29, 0.717) is 37.4 Å². The van der Waals surface area contributed by atoms with Gasteiger partial charge in [-0.15, -0.1) is 0 Å². The Morgan fingerprint density at radius 1 is 0.571 bits per heavy atom. The van der Waals surface area contributed by atoms with Gasteiger partial charge in [0.15, 0.2) is 0 Å². The number of hydrogen-bond acceptors (Lipinski definition) is 6. The molecule has 4 aromatic carbocycles. The Morgan fingerprint density at radius 2 is 0.946 bits per heavy atom. The maximum absolute atomic E-state index is 11.7. The molecular formula is C42H48N2O10P2. The molecule has 0 aliphatic rings. The molecule has 6 aromatic rings. The van der Waals surface area contributed by atoms with Crippen molar-refractivity contribution < 1.29 is 47.8 Å². The summed E-state index contributed by atoms with van der Waals surface area (Å²) in [6.07, 6.45) is 4.87. The molecule has 0 spiro atoms. The molecule has 0 amide bonds. The summed E-state index contributed by atoms with van der Waals surface area (Å²) in [4.78, 5) is 59.1. The third-order valence-electron chi connectivity index (χ3n) is 8.87. The van der Waals surface area contributed by atoms with E-state index < -0.39 is 15.2 Å². The Bertz CT molecular complexity index is 2180. The fourth-order valence-electron chi connectivity index (χ4n) is 6.44. The molecule has 14 heteroatoms. The average Bonchev–Trinajstić information content (AvgIpc) is 3.64. The number of nitrogens with zero attached hydrogens (tertiary/aromatic N) is 2. The Balaban J connectivity index is 0.000000214. The predicted molar refractivity (Wildman–Crippen MR) is 218 cm³/mol. The number of ether oxygens (including phenoxy) is 2. The molecule has 0 fully saturated rings. The van der Waals surface area contributed by atoms with Crippen molar-refractivity contribution in [3.8, 4) is 11.5 Å². The van der Waals surface area contributed by atoms with Crippen molar-refractivity contribution in [1.82, 2.24) is 9.13 Å². The summed E-state index contributed by atoms with van der Waals surface area (Å²) in [5.74, 6) is 1.43. The van der Waals surface area contributed by atoms with Crippen molar-refractivity contribution >= 4 is 48.6 Å². The molecule has 0 saturated heterocycles. The summed E-state index contributed by atoms with van der Waals surface area (Å²) < 4.78 is 37.4. The smallest absolute Gasteiger partial charge is 0.325 e. The van der Waals surface area contributed by atoms with Crippen LogP contribution >= 0.6 is 15.2 Å². The van der Waals surface area contributed by atoms with Crippen molar-refractivity contribution in [2.45, 2.75) is 52.6 Å². The van der Waals surface area contributed by atoms with Gasteiger partial charge in [0.1, 0.15) is 23.1 Å². The van der Waals surface area contributed by atoms with Crippen LogP contribution in [0.2, 0.25) is 0 Å². The van der Waals surface area contributed by atoms with Crippen molar-refractivity contribution in [1.29, 1.82) is 0 Å². The predicted octanol–water partition coefficient (Wildman–Crippen LogP) is 7.54. The van der Waals surface area contributed by atoms with E-state index in [1.165, 1.54) is 11.1 Å². The van der Waals surface area contributed by atoms with Crippen molar-refractivity contribution in [2.75, 3.05) is 25.5 Å². The monoisotopic (exact) mass is 802 g/mol. The zero-order valence-corrected chi connectivity index (χ0v) is 33.3. The van der Waals surface area contributed by atoms with Gasteiger partial charge in [0.05, 0.1) is 25.5 Å². The molecule has 0 unspecified atom stereocenters. The minimum Gasteiger partial charge on any atom is -0.494 e. The Morgan fingerprint density at radius 3 is 1.29 bits per heavy atom. The lowest BCUT2D eigenvalue weighted by Gasteiger charge is -2.09. The molecule has 0 aliphatic heterocycles. The molecule has 0 atom stereocenters. The zero-order valence-electron chi connectivity index (χ0n) is 31.5. The van der Waals surface area contributed by atoms with Gasteiger partial charge in [-0.3, -0.25) is 18.7 Å². The molecule has 0 aliphatic carbocycles. The Kier molecular flexibility index (Phi) is 14.6. The Hall–Kier alpha value is -4.80. The minimum absolute atomic E-state index is 0.0896.